The van der Waals surface area contributed by atoms with E-state index in [1.165, 1.54) is 103 Å². The Hall–Kier alpha value is -0.790. The number of unbranched alkanes of at least 4 members (excludes halogenated alkanes) is 12. The minimum Gasteiger partial charge on any atom is -0.237 e. The van der Waals surface area contributed by atoms with Crippen LogP contribution in [-0.4, -0.2) is 4.57 Å². The Bertz CT molecular complexity index is 324. The summed E-state index contributed by atoms with van der Waals surface area (Å²) in [5.74, 6) is 0. The van der Waals surface area contributed by atoms with E-state index in [4.69, 9.17) is 0 Å². The monoisotopic (exact) mass is 321 g/mol. The van der Waals surface area contributed by atoms with Crippen LogP contribution in [0, 0.1) is 0 Å². The first-order chi connectivity index (χ1) is 11.4. The van der Waals surface area contributed by atoms with Gasteiger partial charge in [-0.2, -0.15) is 0 Å². The summed E-state index contributed by atoms with van der Waals surface area (Å²) in [5, 5.41) is 0. The van der Waals surface area contributed by atoms with Crippen LogP contribution in [0.2, 0.25) is 0 Å². The molecular formula is C21H41N2+. The average Bonchev–Trinajstić information content (AvgIpc) is 3.01. The van der Waals surface area contributed by atoms with Crippen LogP contribution in [0.25, 0.3) is 0 Å². The fourth-order valence-corrected chi connectivity index (χ4v) is 3.21. The van der Waals surface area contributed by atoms with E-state index >= 15 is 0 Å². The largest absolute Gasteiger partial charge is 0.243 e. The number of hydrogen-bond donors (Lipinski definition) is 0. The molecule has 1 aromatic rings. The molecule has 0 amide bonds. The first-order valence-corrected chi connectivity index (χ1v) is 10.4. The van der Waals surface area contributed by atoms with Crippen molar-refractivity contribution in [3.63, 3.8) is 0 Å². The third-order valence-electron chi connectivity index (χ3n) is 4.79. The molecule has 23 heavy (non-hydrogen) atoms. The van der Waals surface area contributed by atoms with Gasteiger partial charge in [-0.3, -0.25) is 0 Å². The Kier molecular flexibility index (Phi) is 13.0. The van der Waals surface area contributed by atoms with Crippen molar-refractivity contribution in [1.29, 1.82) is 0 Å². The summed E-state index contributed by atoms with van der Waals surface area (Å²) in [6.45, 7) is 6.96. The van der Waals surface area contributed by atoms with Crippen molar-refractivity contribution in [2.75, 3.05) is 0 Å². The number of aryl methyl sites for hydroxylation is 2. The van der Waals surface area contributed by atoms with Gasteiger partial charge in [0, 0.05) is 0 Å². The van der Waals surface area contributed by atoms with Gasteiger partial charge in [0.2, 0.25) is 6.33 Å². The first kappa shape index (κ1) is 20.3. The van der Waals surface area contributed by atoms with Crippen LogP contribution in [0.1, 0.15) is 104 Å². The zero-order valence-corrected chi connectivity index (χ0v) is 15.9. The third kappa shape index (κ3) is 11.4. The molecule has 0 atom stereocenters. The molecule has 0 aliphatic carbocycles. The molecule has 0 bridgehead atoms. The fourth-order valence-electron chi connectivity index (χ4n) is 3.21. The molecule has 1 aromatic heterocycles. The smallest absolute Gasteiger partial charge is 0.237 e. The summed E-state index contributed by atoms with van der Waals surface area (Å²) in [6.07, 6.45) is 26.3. The molecule has 2 heteroatoms. The zero-order valence-electron chi connectivity index (χ0n) is 15.9. The fraction of sp³-hybridized carbons (Fsp3) is 0.857. The number of hydrogen-bond acceptors (Lipinski definition) is 0. The van der Waals surface area contributed by atoms with E-state index in [0.717, 1.165) is 0 Å². The van der Waals surface area contributed by atoms with E-state index in [0.29, 0.717) is 0 Å². The molecule has 2 nitrogen and oxygen atoms in total. The highest BCUT2D eigenvalue weighted by molar-refractivity contribution is 4.66. The van der Waals surface area contributed by atoms with Crippen LogP contribution in [0.4, 0.5) is 0 Å². The van der Waals surface area contributed by atoms with Crippen molar-refractivity contribution < 1.29 is 4.57 Å². The van der Waals surface area contributed by atoms with Crippen LogP contribution >= 0.6 is 0 Å². The molecule has 0 N–H and O–H groups in total. The Morgan fingerprint density at radius 1 is 0.652 bits per heavy atom. The van der Waals surface area contributed by atoms with Crippen LogP contribution in [0.5, 0.6) is 0 Å². The van der Waals surface area contributed by atoms with E-state index in [1.807, 2.05) is 0 Å². The molecule has 0 spiro atoms. The van der Waals surface area contributed by atoms with Gasteiger partial charge in [-0.1, -0.05) is 78.1 Å². The lowest BCUT2D eigenvalue weighted by Gasteiger charge is -2.00. The van der Waals surface area contributed by atoms with Crippen LogP contribution in [-0.2, 0) is 13.1 Å². The van der Waals surface area contributed by atoms with Crippen LogP contribution in [0.15, 0.2) is 18.7 Å². The van der Waals surface area contributed by atoms with Gasteiger partial charge in [0.1, 0.15) is 12.4 Å². The second kappa shape index (κ2) is 14.8. The lowest BCUT2D eigenvalue weighted by Crippen LogP contribution is -2.30. The summed E-state index contributed by atoms with van der Waals surface area (Å²) < 4.78 is 4.74. The summed E-state index contributed by atoms with van der Waals surface area (Å²) in [4.78, 5) is 0. The van der Waals surface area contributed by atoms with E-state index in [1.54, 1.807) is 0 Å². The molecule has 1 rings (SSSR count). The van der Waals surface area contributed by atoms with Crippen molar-refractivity contribution in [3.8, 4) is 0 Å². The first-order valence-electron chi connectivity index (χ1n) is 10.4. The van der Waals surface area contributed by atoms with Gasteiger partial charge < -0.3 is 0 Å². The molecule has 0 unspecified atom stereocenters. The molecule has 0 saturated heterocycles. The second-order valence-corrected chi connectivity index (χ2v) is 7.13. The van der Waals surface area contributed by atoms with Gasteiger partial charge >= 0.3 is 0 Å². The van der Waals surface area contributed by atoms with E-state index in [-0.39, 0.29) is 0 Å². The molecule has 0 fully saturated rings. The van der Waals surface area contributed by atoms with E-state index in [9.17, 15) is 0 Å². The average molecular weight is 322 g/mol. The zero-order chi connectivity index (χ0) is 16.6. The lowest BCUT2D eigenvalue weighted by atomic mass is 10.1. The van der Waals surface area contributed by atoms with Crippen molar-refractivity contribution in [2.24, 2.45) is 0 Å². The lowest BCUT2D eigenvalue weighted by molar-refractivity contribution is -0.696. The number of imidazole rings is 1. The van der Waals surface area contributed by atoms with E-state index < -0.39 is 0 Å². The molecule has 134 valence electrons. The molecule has 0 radical (unpaired) electrons. The second-order valence-electron chi connectivity index (χ2n) is 7.13. The summed E-state index contributed by atoms with van der Waals surface area (Å²) in [5.41, 5.74) is 0. The number of aromatic nitrogens is 2. The highest BCUT2D eigenvalue weighted by Crippen LogP contribution is 2.08. The van der Waals surface area contributed by atoms with Gasteiger partial charge in [0.15, 0.2) is 0 Å². The Morgan fingerprint density at radius 3 is 1.78 bits per heavy atom. The van der Waals surface area contributed by atoms with Crippen molar-refractivity contribution in [3.05, 3.63) is 18.7 Å². The quantitative estimate of drug-likeness (QED) is 0.250. The molecule has 0 aliphatic heterocycles. The van der Waals surface area contributed by atoms with Gasteiger partial charge in [-0.15, -0.1) is 0 Å². The maximum absolute atomic E-state index is 2.37. The van der Waals surface area contributed by atoms with Crippen LogP contribution < -0.4 is 4.57 Å². The Balaban J connectivity index is 1.97. The minimum absolute atomic E-state index is 1.19. The van der Waals surface area contributed by atoms with Crippen molar-refractivity contribution >= 4 is 0 Å². The Labute approximate surface area is 145 Å². The summed E-state index contributed by atoms with van der Waals surface area (Å²) >= 11 is 0. The Morgan fingerprint density at radius 2 is 1.17 bits per heavy atom. The van der Waals surface area contributed by atoms with Gasteiger partial charge in [-0.25, -0.2) is 9.13 Å². The molecule has 0 saturated carbocycles. The minimum atomic E-state index is 1.19. The SMILES string of the molecule is CCCCCCCCCn1cc[n+](CCCCCCCCC)c1. The van der Waals surface area contributed by atoms with E-state index in [2.05, 4.69) is 41.7 Å². The van der Waals surface area contributed by atoms with Crippen molar-refractivity contribution in [1.82, 2.24) is 4.57 Å². The summed E-state index contributed by atoms with van der Waals surface area (Å²) in [6, 6.07) is 0. The summed E-state index contributed by atoms with van der Waals surface area (Å²) in [7, 11) is 0. The van der Waals surface area contributed by atoms with Crippen LogP contribution in [0.3, 0.4) is 0 Å². The maximum Gasteiger partial charge on any atom is 0.243 e. The standard InChI is InChI=1S/C21H41N2/c1-3-5-7-9-11-13-15-17-22-19-20-23(21-22)18-16-14-12-10-8-6-4-2/h19-21H,3-18H2,1-2H3/q+1. The van der Waals surface area contributed by atoms with Gasteiger partial charge in [0.05, 0.1) is 13.1 Å². The number of rotatable bonds is 16. The normalized spacial score (nSPS) is 11.2. The topological polar surface area (TPSA) is 8.81 Å². The maximum atomic E-state index is 2.37. The molecular weight excluding hydrogens is 280 g/mol. The highest BCUT2D eigenvalue weighted by atomic mass is 15.1. The molecule has 0 aliphatic rings. The van der Waals surface area contributed by atoms with Gasteiger partial charge in [-0.05, 0) is 25.7 Å². The molecule has 0 aromatic carbocycles. The highest BCUT2D eigenvalue weighted by Gasteiger charge is 2.03. The predicted molar refractivity (Wildman–Crippen MR) is 101 cm³/mol. The predicted octanol–water partition coefficient (Wildman–Crippen LogP) is 6.28. The van der Waals surface area contributed by atoms with Crippen molar-refractivity contribution in [2.45, 2.75) is 117 Å². The molecule has 1 heterocycles. The third-order valence-corrected chi connectivity index (χ3v) is 4.79. The van der Waals surface area contributed by atoms with Gasteiger partial charge in [0.25, 0.3) is 0 Å². The number of nitrogens with zero attached hydrogens (tertiary/aromatic N) is 2.